The molecule has 3 rings (SSSR count). The fourth-order valence-electron chi connectivity index (χ4n) is 4.35. The molecule has 8 heteroatoms. The molecule has 0 aromatic heterocycles. The molecule has 0 bridgehead atoms. The normalized spacial score (nSPS) is 21.4. The Hall–Kier alpha value is -1.73. The number of fused-ring (bicyclic) bond motifs is 1. The molecular formula is C22H26Cl2N2O4. The highest BCUT2D eigenvalue weighted by molar-refractivity contribution is 6.37. The van der Waals surface area contributed by atoms with Crippen molar-refractivity contribution in [3.8, 4) is 0 Å². The van der Waals surface area contributed by atoms with E-state index in [9.17, 15) is 19.8 Å². The molecule has 0 fully saturated rings. The van der Waals surface area contributed by atoms with Gasteiger partial charge in [-0.2, -0.15) is 0 Å². The van der Waals surface area contributed by atoms with Crippen molar-refractivity contribution in [2.45, 2.75) is 52.2 Å². The minimum Gasteiger partial charge on any atom is -0.393 e. The summed E-state index contributed by atoms with van der Waals surface area (Å²) >= 11 is 13.1. The van der Waals surface area contributed by atoms with E-state index >= 15 is 0 Å². The van der Waals surface area contributed by atoms with Gasteiger partial charge in [-0.15, -0.1) is 0 Å². The lowest BCUT2D eigenvalue weighted by Gasteiger charge is -2.34. The van der Waals surface area contributed by atoms with E-state index in [0.29, 0.717) is 34.8 Å². The molecule has 0 aliphatic carbocycles. The summed E-state index contributed by atoms with van der Waals surface area (Å²) < 4.78 is 0. The number of aliphatic hydroxyl groups excluding tert-OH is 2. The van der Waals surface area contributed by atoms with Gasteiger partial charge in [-0.25, -0.2) is 4.99 Å². The molecule has 2 amide bonds. The molecule has 3 atom stereocenters. The molecule has 2 aliphatic rings. The van der Waals surface area contributed by atoms with Crippen molar-refractivity contribution in [1.29, 1.82) is 0 Å². The number of dihydropyridines is 1. The fourth-order valence-corrected chi connectivity index (χ4v) is 5.03. The van der Waals surface area contributed by atoms with Gasteiger partial charge in [0.05, 0.1) is 28.7 Å². The van der Waals surface area contributed by atoms with Gasteiger partial charge in [-0.05, 0) is 57.4 Å². The summed E-state index contributed by atoms with van der Waals surface area (Å²) in [7, 11) is 0. The monoisotopic (exact) mass is 452 g/mol. The zero-order chi connectivity index (χ0) is 22.3. The molecule has 6 nitrogen and oxygen atoms in total. The van der Waals surface area contributed by atoms with Crippen LogP contribution < -0.4 is 0 Å². The molecule has 1 aromatic carbocycles. The predicted octanol–water partition coefficient (Wildman–Crippen LogP) is 3.40. The van der Waals surface area contributed by atoms with Gasteiger partial charge in [-0.3, -0.25) is 9.59 Å². The first-order chi connectivity index (χ1) is 14.0. The Labute approximate surface area is 186 Å². The Bertz CT molecular complexity index is 945. The quantitative estimate of drug-likeness (QED) is 0.715. The molecule has 2 heterocycles. The van der Waals surface area contributed by atoms with E-state index in [2.05, 4.69) is 4.99 Å². The molecule has 0 radical (unpaired) electrons. The van der Waals surface area contributed by atoms with Gasteiger partial charge in [0.15, 0.2) is 0 Å². The largest absolute Gasteiger partial charge is 0.393 e. The number of hydrogen-bond donors (Lipinski definition) is 2. The summed E-state index contributed by atoms with van der Waals surface area (Å²) in [5, 5.41) is 20.9. The van der Waals surface area contributed by atoms with Crippen molar-refractivity contribution < 1.29 is 19.8 Å². The lowest BCUT2D eigenvalue weighted by atomic mass is 9.85. The Morgan fingerprint density at radius 1 is 1.20 bits per heavy atom. The van der Waals surface area contributed by atoms with Crippen LogP contribution in [0.5, 0.6) is 0 Å². The molecule has 30 heavy (non-hydrogen) atoms. The summed E-state index contributed by atoms with van der Waals surface area (Å²) in [5.41, 5.74) is 2.89. The maximum atomic E-state index is 13.3. The van der Waals surface area contributed by atoms with Crippen LogP contribution in [0.25, 0.3) is 0 Å². The number of halogens is 2. The minimum absolute atomic E-state index is 0.187. The molecule has 2 N–H and O–H groups in total. The Morgan fingerprint density at radius 2 is 1.83 bits per heavy atom. The summed E-state index contributed by atoms with van der Waals surface area (Å²) in [5.74, 6) is -1.75. The second-order valence-corrected chi connectivity index (χ2v) is 8.94. The number of aliphatic hydroxyl groups is 2. The third kappa shape index (κ3) is 4.19. The van der Waals surface area contributed by atoms with Crippen molar-refractivity contribution in [2.75, 3.05) is 13.1 Å². The average molecular weight is 453 g/mol. The van der Waals surface area contributed by atoms with Crippen LogP contribution in [0, 0.1) is 5.92 Å². The molecule has 0 spiro atoms. The number of allylic oxidation sites excluding steroid dienone is 1. The Morgan fingerprint density at radius 3 is 2.40 bits per heavy atom. The summed E-state index contributed by atoms with van der Waals surface area (Å²) in [6.45, 7) is 7.37. The van der Waals surface area contributed by atoms with E-state index < -0.39 is 24.0 Å². The topological polar surface area (TPSA) is 90.2 Å². The number of rotatable bonds is 5. The summed E-state index contributed by atoms with van der Waals surface area (Å²) in [4.78, 5) is 31.4. The molecular weight excluding hydrogens is 427 g/mol. The smallest absolute Gasteiger partial charge is 0.255 e. The standard InChI is InChI=1S/C22H26Cl2N2O4/c1-10-7-11(2)25-21(29)16(10)9-26-6-5-14-17(23)8-15(18(12(3)27)13(4)28)20(24)19(14)22(26)30/h7-8,12-13,16,18,27-28H,5-6,9H2,1-4H3/t12-,13-,16?/m1/s1. The van der Waals surface area contributed by atoms with Gasteiger partial charge in [0.25, 0.3) is 11.8 Å². The van der Waals surface area contributed by atoms with Crippen LogP contribution in [0.15, 0.2) is 22.7 Å². The van der Waals surface area contributed by atoms with E-state index in [4.69, 9.17) is 23.2 Å². The van der Waals surface area contributed by atoms with E-state index in [0.717, 1.165) is 5.57 Å². The van der Waals surface area contributed by atoms with Gasteiger partial charge in [0.2, 0.25) is 0 Å². The number of carbonyl (C=O) groups is 2. The molecule has 0 saturated heterocycles. The van der Waals surface area contributed by atoms with Gasteiger partial charge in [-0.1, -0.05) is 28.8 Å². The second-order valence-electron chi connectivity index (χ2n) is 8.16. The third-order valence-electron chi connectivity index (χ3n) is 5.85. The lowest BCUT2D eigenvalue weighted by Crippen LogP contribution is -2.43. The average Bonchev–Trinajstić information content (AvgIpc) is 2.62. The summed E-state index contributed by atoms with van der Waals surface area (Å²) in [6, 6.07) is 1.63. The highest BCUT2D eigenvalue weighted by Crippen LogP contribution is 2.40. The molecule has 2 aliphatic heterocycles. The Kier molecular flexibility index (Phi) is 6.72. The zero-order valence-corrected chi connectivity index (χ0v) is 19.0. The minimum atomic E-state index is -0.889. The van der Waals surface area contributed by atoms with Crippen molar-refractivity contribution in [3.63, 3.8) is 0 Å². The second kappa shape index (κ2) is 8.79. The molecule has 0 saturated carbocycles. The van der Waals surface area contributed by atoms with Crippen LogP contribution in [0.3, 0.4) is 0 Å². The number of nitrogens with zero attached hydrogens (tertiary/aromatic N) is 2. The predicted molar refractivity (Wildman–Crippen MR) is 118 cm³/mol. The van der Waals surface area contributed by atoms with Crippen molar-refractivity contribution in [3.05, 3.63) is 44.5 Å². The highest BCUT2D eigenvalue weighted by atomic mass is 35.5. The Balaban J connectivity index is 1.98. The van der Waals surface area contributed by atoms with Crippen molar-refractivity contribution >= 4 is 40.7 Å². The van der Waals surface area contributed by atoms with Gasteiger partial charge >= 0.3 is 0 Å². The van der Waals surface area contributed by atoms with Gasteiger partial charge < -0.3 is 15.1 Å². The number of benzene rings is 1. The van der Waals surface area contributed by atoms with Crippen molar-refractivity contribution in [1.82, 2.24) is 4.90 Å². The maximum Gasteiger partial charge on any atom is 0.255 e. The maximum absolute atomic E-state index is 13.3. The van der Waals surface area contributed by atoms with Crippen LogP contribution in [0.4, 0.5) is 0 Å². The summed E-state index contributed by atoms with van der Waals surface area (Å²) in [6.07, 6.45) is 0.576. The highest BCUT2D eigenvalue weighted by Gasteiger charge is 2.36. The van der Waals surface area contributed by atoms with Crippen molar-refractivity contribution in [2.24, 2.45) is 10.9 Å². The van der Waals surface area contributed by atoms with E-state index in [1.807, 2.05) is 13.0 Å². The fraction of sp³-hybridized carbons (Fsp3) is 0.500. The van der Waals surface area contributed by atoms with E-state index in [-0.39, 0.29) is 28.9 Å². The van der Waals surface area contributed by atoms with Crippen LogP contribution >= 0.6 is 23.2 Å². The van der Waals surface area contributed by atoms with Crippen LogP contribution in [-0.2, 0) is 11.2 Å². The van der Waals surface area contributed by atoms with Gasteiger partial charge in [0, 0.05) is 29.7 Å². The number of aliphatic imine (C=N–C) groups is 1. The van der Waals surface area contributed by atoms with E-state index in [1.165, 1.54) is 0 Å². The van der Waals surface area contributed by atoms with Crippen LogP contribution in [0.1, 0.15) is 55.1 Å². The van der Waals surface area contributed by atoms with Crippen LogP contribution in [-0.4, -0.2) is 57.9 Å². The SMILES string of the molecule is CC1=CC(C)=NC(=O)C1CN1CCc2c(Cl)cc(C([C@@H](C)O)[C@@H](C)O)c(Cl)c2C1=O. The number of amides is 2. The first kappa shape index (κ1) is 22.9. The molecule has 1 aromatic rings. The van der Waals surface area contributed by atoms with Crippen LogP contribution in [0.2, 0.25) is 10.0 Å². The number of carbonyl (C=O) groups excluding carboxylic acids is 2. The van der Waals surface area contributed by atoms with E-state index in [1.54, 1.807) is 31.7 Å². The first-order valence-electron chi connectivity index (χ1n) is 9.96. The number of hydrogen-bond acceptors (Lipinski definition) is 4. The van der Waals surface area contributed by atoms with Gasteiger partial charge in [0.1, 0.15) is 0 Å². The zero-order valence-electron chi connectivity index (χ0n) is 17.4. The first-order valence-corrected chi connectivity index (χ1v) is 10.7. The lowest BCUT2D eigenvalue weighted by molar-refractivity contribution is -0.120. The molecule has 162 valence electrons. The third-order valence-corrected chi connectivity index (χ3v) is 6.59. The molecule has 1 unspecified atom stereocenters.